The van der Waals surface area contributed by atoms with Gasteiger partial charge < -0.3 is 23.9 Å². The molecule has 0 spiro atoms. The predicted molar refractivity (Wildman–Crippen MR) is 185 cm³/mol. The largest absolute Gasteiger partial charge is 0.487 e. The lowest BCUT2D eigenvalue weighted by Crippen LogP contribution is -2.21. The predicted octanol–water partition coefficient (Wildman–Crippen LogP) is 7.31. The molecule has 10 nitrogen and oxygen atoms in total. The molecule has 4 heterocycles. The normalized spacial score (nSPS) is 11.2. The molecule has 0 bridgehead atoms. The number of benzene rings is 2. The van der Waals surface area contributed by atoms with Gasteiger partial charge in [-0.1, -0.05) is 41.4 Å². The van der Waals surface area contributed by atoms with E-state index in [1.807, 2.05) is 70.9 Å². The van der Waals surface area contributed by atoms with Gasteiger partial charge in [0.1, 0.15) is 23.6 Å². The van der Waals surface area contributed by atoms with Crippen molar-refractivity contribution in [3.8, 4) is 17.1 Å². The summed E-state index contributed by atoms with van der Waals surface area (Å²) < 4.78 is 15.1. The summed E-state index contributed by atoms with van der Waals surface area (Å²) >= 11 is 13.6. The standard InChI is InChI=1S/C36H30Cl2N6O4/c1-3-47-36(46)29-12-9-24(19-40-29)10-14-33(45)41-20-25-6-5-16-44(25)30-13-11-28(37)27(34(30)38)21-48-32-8-4-7-26-31(43-17-15-39-22-43)18-23(2)42-35(26)32/h4-19,22H,3,20-21H2,1-2H3,(H,41,45). The maximum Gasteiger partial charge on any atom is 0.356 e. The van der Waals surface area contributed by atoms with Crippen LogP contribution >= 0.6 is 23.2 Å². The number of imidazole rings is 1. The number of ether oxygens (including phenoxy) is 2. The minimum atomic E-state index is -0.494. The Balaban J connectivity index is 1.16. The summed E-state index contributed by atoms with van der Waals surface area (Å²) in [4.78, 5) is 37.5. The van der Waals surface area contributed by atoms with Gasteiger partial charge in [0, 0.05) is 58.2 Å². The first-order valence-electron chi connectivity index (χ1n) is 15.1. The second-order valence-corrected chi connectivity index (χ2v) is 11.5. The molecule has 0 saturated carbocycles. The Hall–Kier alpha value is -5.45. The van der Waals surface area contributed by atoms with E-state index in [4.69, 9.17) is 37.7 Å². The van der Waals surface area contributed by atoms with Crippen LogP contribution in [-0.2, 0) is 22.7 Å². The van der Waals surface area contributed by atoms with Gasteiger partial charge >= 0.3 is 5.97 Å². The smallest absolute Gasteiger partial charge is 0.356 e. The third kappa shape index (κ3) is 7.10. The van der Waals surface area contributed by atoms with Crippen LogP contribution < -0.4 is 10.1 Å². The van der Waals surface area contributed by atoms with Gasteiger partial charge in [0.25, 0.3) is 0 Å². The number of hydrogen-bond donors (Lipinski definition) is 1. The molecule has 0 fully saturated rings. The summed E-state index contributed by atoms with van der Waals surface area (Å²) in [5, 5.41) is 4.70. The second-order valence-electron chi connectivity index (χ2n) is 10.7. The number of halogens is 2. The van der Waals surface area contributed by atoms with E-state index in [1.165, 1.54) is 12.3 Å². The number of aryl methyl sites for hydroxylation is 1. The molecule has 0 saturated heterocycles. The highest BCUT2D eigenvalue weighted by Crippen LogP contribution is 2.34. The fourth-order valence-corrected chi connectivity index (χ4v) is 5.72. The van der Waals surface area contributed by atoms with Crippen LogP contribution in [0.3, 0.4) is 0 Å². The third-order valence-corrected chi connectivity index (χ3v) is 8.24. The first kappa shape index (κ1) is 32.5. The molecule has 0 atom stereocenters. The summed E-state index contributed by atoms with van der Waals surface area (Å²) in [6.07, 6.45) is 11.8. The van der Waals surface area contributed by atoms with Crippen LogP contribution in [0.4, 0.5) is 0 Å². The highest BCUT2D eigenvalue weighted by Gasteiger charge is 2.17. The van der Waals surface area contributed by atoms with E-state index in [0.29, 0.717) is 38.1 Å². The van der Waals surface area contributed by atoms with Gasteiger partial charge in [-0.05, 0) is 68.0 Å². The molecule has 12 heteroatoms. The van der Waals surface area contributed by atoms with Gasteiger partial charge in [0.05, 0.1) is 35.9 Å². The summed E-state index contributed by atoms with van der Waals surface area (Å²) in [5.41, 5.74) is 5.47. The van der Waals surface area contributed by atoms with E-state index in [-0.39, 0.29) is 31.4 Å². The van der Waals surface area contributed by atoms with Crippen molar-refractivity contribution in [2.24, 2.45) is 0 Å². The SMILES string of the molecule is CCOC(=O)c1ccc(C=CC(=O)NCc2cccn2-c2ccc(Cl)c(COc3cccc4c(-n5ccnc5)cc(C)nc34)c2Cl)cn1. The summed E-state index contributed by atoms with van der Waals surface area (Å²) in [6.45, 7) is 4.28. The monoisotopic (exact) mass is 680 g/mol. The number of para-hydroxylation sites is 1. The molecule has 1 N–H and O–H groups in total. The molecule has 6 aromatic rings. The Kier molecular flexibility index (Phi) is 9.84. The van der Waals surface area contributed by atoms with Crippen LogP contribution in [-0.4, -0.2) is 42.6 Å². The molecule has 1 amide bonds. The van der Waals surface area contributed by atoms with E-state index >= 15 is 0 Å². The van der Waals surface area contributed by atoms with Gasteiger partial charge in [0.2, 0.25) is 5.91 Å². The molecule has 0 radical (unpaired) electrons. The number of aromatic nitrogens is 5. The Morgan fingerprint density at radius 3 is 2.67 bits per heavy atom. The number of carbonyl (C=O) groups is 2. The van der Waals surface area contributed by atoms with E-state index < -0.39 is 5.97 Å². The first-order valence-corrected chi connectivity index (χ1v) is 15.8. The topological polar surface area (TPSA) is 113 Å². The first-order chi connectivity index (χ1) is 23.3. The van der Waals surface area contributed by atoms with Crippen molar-refractivity contribution in [1.82, 2.24) is 29.4 Å². The lowest BCUT2D eigenvalue weighted by molar-refractivity contribution is -0.116. The van der Waals surface area contributed by atoms with Crippen LogP contribution in [0.1, 0.15) is 39.9 Å². The fourth-order valence-electron chi connectivity index (χ4n) is 5.15. The molecular weight excluding hydrogens is 651 g/mol. The van der Waals surface area contributed by atoms with Crippen molar-refractivity contribution in [2.75, 3.05) is 6.61 Å². The van der Waals surface area contributed by atoms with E-state index in [1.54, 1.807) is 43.7 Å². The Labute approximate surface area is 286 Å². The Bertz CT molecular complexity index is 2130. The second kappa shape index (κ2) is 14.5. The summed E-state index contributed by atoms with van der Waals surface area (Å²) in [6, 6.07) is 18.4. The van der Waals surface area contributed by atoms with Crippen molar-refractivity contribution < 1.29 is 19.1 Å². The van der Waals surface area contributed by atoms with Crippen molar-refractivity contribution in [1.29, 1.82) is 0 Å². The molecule has 48 heavy (non-hydrogen) atoms. The van der Waals surface area contributed by atoms with Crippen LogP contribution in [0.15, 0.2) is 97.9 Å². The van der Waals surface area contributed by atoms with Crippen LogP contribution in [0.5, 0.6) is 5.75 Å². The summed E-state index contributed by atoms with van der Waals surface area (Å²) in [7, 11) is 0. The van der Waals surface area contributed by atoms with Crippen LogP contribution in [0, 0.1) is 6.92 Å². The lowest BCUT2D eigenvalue weighted by atomic mass is 10.1. The number of fused-ring (bicyclic) bond motifs is 1. The quantitative estimate of drug-likeness (QED) is 0.113. The molecule has 2 aromatic carbocycles. The zero-order chi connectivity index (χ0) is 33.6. The van der Waals surface area contributed by atoms with Crippen LogP contribution in [0.25, 0.3) is 28.4 Å². The molecule has 0 aliphatic heterocycles. The molecular formula is C36H30Cl2N6O4. The lowest BCUT2D eigenvalue weighted by Gasteiger charge is -2.17. The van der Waals surface area contributed by atoms with Crippen molar-refractivity contribution >= 4 is 52.1 Å². The minimum absolute atomic E-state index is 0.106. The average molecular weight is 682 g/mol. The van der Waals surface area contributed by atoms with Crippen molar-refractivity contribution in [3.63, 3.8) is 0 Å². The van der Waals surface area contributed by atoms with Gasteiger partial charge in [0.15, 0.2) is 0 Å². The molecule has 0 aliphatic rings. The van der Waals surface area contributed by atoms with Gasteiger partial charge in [-0.25, -0.2) is 19.7 Å². The number of nitrogens with one attached hydrogen (secondary N) is 1. The fraction of sp³-hybridized carbons (Fsp3) is 0.139. The van der Waals surface area contributed by atoms with Gasteiger partial charge in [-0.3, -0.25) is 4.79 Å². The van der Waals surface area contributed by atoms with E-state index in [0.717, 1.165) is 22.5 Å². The number of nitrogens with zero attached hydrogens (tertiary/aromatic N) is 5. The Morgan fingerprint density at radius 2 is 1.90 bits per heavy atom. The zero-order valence-corrected chi connectivity index (χ0v) is 27.6. The molecule has 0 unspecified atom stereocenters. The average Bonchev–Trinajstić information content (AvgIpc) is 3.80. The number of carbonyl (C=O) groups excluding carboxylic acids is 2. The zero-order valence-electron chi connectivity index (χ0n) is 26.1. The highest BCUT2D eigenvalue weighted by atomic mass is 35.5. The number of amides is 1. The molecule has 0 aliphatic carbocycles. The highest BCUT2D eigenvalue weighted by molar-refractivity contribution is 6.37. The van der Waals surface area contributed by atoms with Crippen LogP contribution in [0.2, 0.25) is 10.0 Å². The van der Waals surface area contributed by atoms with Crippen molar-refractivity contribution in [3.05, 3.63) is 136 Å². The van der Waals surface area contributed by atoms with Gasteiger partial charge in [-0.15, -0.1) is 0 Å². The maximum atomic E-state index is 12.6. The minimum Gasteiger partial charge on any atom is -0.487 e. The maximum absolute atomic E-state index is 12.6. The number of pyridine rings is 2. The van der Waals surface area contributed by atoms with E-state index in [2.05, 4.69) is 15.3 Å². The Morgan fingerprint density at radius 1 is 1.02 bits per heavy atom. The third-order valence-electron chi connectivity index (χ3n) is 7.46. The van der Waals surface area contributed by atoms with Gasteiger partial charge in [-0.2, -0.15) is 0 Å². The van der Waals surface area contributed by atoms with Crippen molar-refractivity contribution in [2.45, 2.75) is 27.0 Å². The van der Waals surface area contributed by atoms with E-state index in [9.17, 15) is 9.59 Å². The molecule has 4 aromatic heterocycles. The number of hydrogen-bond acceptors (Lipinski definition) is 7. The number of rotatable bonds is 11. The molecule has 242 valence electrons. The number of esters is 1. The summed E-state index contributed by atoms with van der Waals surface area (Å²) in [5.74, 6) is -0.200. The molecule has 6 rings (SSSR count).